The van der Waals surface area contributed by atoms with Crippen molar-refractivity contribution in [3.8, 4) is 11.3 Å². The minimum absolute atomic E-state index is 0.137. The zero-order valence-electron chi connectivity index (χ0n) is 14.9. The van der Waals surface area contributed by atoms with Gasteiger partial charge in [-0.2, -0.15) is 5.10 Å². The van der Waals surface area contributed by atoms with Crippen molar-refractivity contribution >= 4 is 6.03 Å². The Morgan fingerprint density at radius 2 is 1.85 bits per heavy atom. The van der Waals surface area contributed by atoms with Crippen molar-refractivity contribution in [2.75, 3.05) is 6.54 Å². The molecule has 1 fully saturated rings. The van der Waals surface area contributed by atoms with E-state index >= 15 is 0 Å². The third-order valence-corrected chi connectivity index (χ3v) is 4.73. The molecule has 0 radical (unpaired) electrons. The van der Waals surface area contributed by atoms with Crippen molar-refractivity contribution in [1.82, 2.24) is 19.9 Å². The molecule has 5 nitrogen and oxygen atoms in total. The Kier molecular flexibility index (Phi) is 4.52. The molecule has 0 saturated heterocycles. The van der Waals surface area contributed by atoms with Gasteiger partial charge in [-0.3, -0.25) is 0 Å². The molecular weight excluding hydrogens is 324 g/mol. The molecule has 0 spiro atoms. The van der Waals surface area contributed by atoms with Gasteiger partial charge in [-0.15, -0.1) is 5.10 Å². The van der Waals surface area contributed by atoms with Crippen LogP contribution in [-0.2, 0) is 6.42 Å². The highest BCUT2D eigenvalue weighted by atomic mass is 16.2. The van der Waals surface area contributed by atoms with E-state index in [0.29, 0.717) is 12.6 Å². The molecular formula is C21H22N4O. The van der Waals surface area contributed by atoms with E-state index in [1.54, 1.807) is 6.20 Å². The fourth-order valence-corrected chi connectivity index (χ4v) is 3.04. The van der Waals surface area contributed by atoms with Crippen LogP contribution < -0.4 is 0 Å². The van der Waals surface area contributed by atoms with Gasteiger partial charge in [0.2, 0.25) is 0 Å². The first-order chi connectivity index (χ1) is 12.7. The van der Waals surface area contributed by atoms with Gasteiger partial charge in [0.1, 0.15) is 5.69 Å². The van der Waals surface area contributed by atoms with Crippen LogP contribution in [0.1, 0.15) is 24.0 Å². The number of carbonyl (C=O) groups excluding carboxylic acids is 1. The number of nitrogens with zero attached hydrogens (tertiary/aromatic N) is 4. The maximum Gasteiger partial charge on any atom is 0.362 e. The fraction of sp³-hybridized carbons (Fsp3) is 0.286. The second kappa shape index (κ2) is 7.12. The van der Waals surface area contributed by atoms with Crippen molar-refractivity contribution in [3.05, 3.63) is 71.9 Å². The summed E-state index contributed by atoms with van der Waals surface area (Å²) in [4.78, 5) is 16.1. The second-order valence-corrected chi connectivity index (χ2v) is 6.83. The Labute approximate surface area is 153 Å². The number of aromatic nitrogens is 3. The van der Waals surface area contributed by atoms with Crippen LogP contribution in [-0.4, -0.2) is 38.5 Å². The molecule has 1 heterocycles. The van der Waals surface area contributed by atoms with E-state index in [1.807, 2.05) is 54.3 Å². The van der Waals surface area contributed by atoms with Crippen LogP contribution in [0.2, 0.25) is 0 Å². The van der Waals surface area contributed by atoms with Crippen molar-refractivity contribution in [2.24, 2.45) is 0 Å². The monoisotopic (exact) mass is 346 g/mol. The Bertz CT molecular complexity index is 882. The summed E-state index contributed by atoms with van der Waals surface area (Å²) in [5.74, 6) is 0. The highest BCUT2D eigenvalue weighted by Gasteiger charge is 2.33. The molecule has 4 rings (SSSR count). The number of aryl methyl sites for hydroxylation is 1. The van der Waals surface area contributed by atoms with Crippen molar-refractivity contribution in [1.29, 1.82) is 0 Å². The minimum atomic E-state index is -0.137. The van der Waals surface area contributed by atoms with E-state index in [2.05, 4.69) is 22.3 Å². The van der Waals surface area contributed by atoms with Gasteiger partial charge in [0.15, 0.2) is 0 Å². The largest absolute Gasteiger partial charge is 0.362 e. The number of hydrogen-bond acceptors (Lipinski definition) is 3. The first kappa shape index (κ1) is 16.5. The van der Waals surface area contributed by atoms with Crippen LogP contribution in [0, 0.1) is 6.92 Å². The SMILES string of the molecule is Cc1ccc(-c2cnn(C(=O)N(CCc3ccccc3)C3CC3)n2)cc1. The van der Waals surface area contributed by atoms with Crippen LogP contribution in [0.25, 0.3) is 11.3 Å². The van der Waals surface area contributed by atoms with Crippen LogP contribution >= 0.6 is 0 Å². The lowest BCUT2D eigenvalue weighted by molar-refractivity contribution is 0.190. The average molecular weight is 346 g/mol. The van der Waals surface area contributed by atoms with Gasteiger partial charge in [0, 0.05) is 18.2 Å². The second-order valence-electron chi connectivity index (χ2n) is 6.83. The first-order valence-corrected chi connectivity index (χ1v) is 9.05. The van der Waals surface area contributed by atoms with E-state index < -0.39 is 0 Å². The Morgan fingerprint density at radius 3 is 2.54 bits per heavy atom. The molecule has 3 aromatic rings. The van der Waals surface area contributed by atoms with E-state index in [9.17, 15) is 4.79 Å². The Balaban J connectivity index is 1.48. The van der Waals surface area contributed by atoms with Crippen molar-refractivity contribution < 1.29 is 4.79 Å². The molecule has 0 aliphatic heterocycles. The summed E-state index contributed by atoms with van der Waals surface area (Å²) in [6, 6.07) is 18.5. The normalized spacial score (nSPS) is 13.6. The quantitative estimate of drug-likeness (QED) is 0.703. The molecule has 5 heteroatoms. The molecule has 0 N–H and O–H groups in total. The van der Waals surface area contributed by atoms with E-state index in [1.165, 1.54) is 15.9 Å². The fourth-order valence-electron chi connectivity index (χ4n) is 3.04. The molecule has 1 saturated carbocycles. The third kappa shape index (κ3) is 3.67. The zero-order valence-corrected chi connectivity index (χ0v) is 14.9. The van der Waals surface area contributed by atoms with Gasteiger partial charge in [0.05, 0.1) is 6.20 Å². The Hall–Kier alpha value is -2.95. The molecule has 1 aliphatic rings. The van der Waals surface area contributed by atoms with Gasteiger partial charge < -0.3 is 4.90 Å². The van der Waals surface area contributed by atoms with Crippen LogP contribution in [0.4, 0.5) is 4.79 Å². The molecule has 0 atom stereocenters. The molecule has 1 amide bonds. The zero-order chi connectivity index (χ0) is 17.9. The summed E-state index contributed by atoms with van der Waals surface area (Å²) in [5.41, 5.74) is 4.12. The summed E-state index contributed by atoms with van der Waals surface area (Å²) in [5, 5.41) is 8.63. The summed E-state index contributed by atoms with van der Waals surface area (Å²) < 4.78 is 0. The summed E-state index contributed by atoms with van der Waals surface area (Å²) in [7, 11) is 0. The number of carbonyl (C=O) groups is 1. The molecule has 1 aromatic heterocycles. The highest BCUT2D eigenvalue weighted by molar-refractivity contribution is 5.76. The highest BCUT2D eigenvalue weighted by Crippen LogP contribution is 2.27. The van der Waals surface area contributed by atoms with Gasteiger partial charge >= 0.3 is 6.03 Å². The van der Waals surface area contributed by atoms with Gasteiger partial charge in [0.25, 0.3) is 0 Å². The van der Waals surface area contributed by atoms with Gasteiger partial charge in [-0.25, -0.2) is 4.79 Å². The Morgan fingerprint density at radius 1 is 1.12 bits per heavy atom. The van der Waals surface area contributed by atoms with E-state index in [0.717, 1.165) is 30.5 Å². The third-order valence-electron chi connectivity index (χ3n) is 4.73. The lowest BCUT2D eigenvalue weighted by atomic mass is 10.1. The summed E-state index contributed by atoms with van der Waals surface area (Å²) >= 11 is 0. The lowest BCUT2D eigenvalue weighted by Gasteiger charge is -2.21. The van der Waals surface area contributed by atoms with E-state index in [-0.39, 0.29) is 6.03 Å². The smallest absolute Gasteiger partial charge is 0.318 e. The van der Waals surface area contributed by atoms with Crippen LogP contribution in [0.15, 0.2) is 60.8 Å². The molecule has 2 aromatic carbocycles. The number of rotatable bonds is 5. The molecule has 0 bridgehead atoms. The predicted octanol–water partition coefficient (Wildman–Crippen LogP) is 3.93. The van der Waals surface area contributed by atoms with Crippen molar-refractivity contribution in [2.45, 2.75) is 32.2 Å². The number of hydrogen-bond donors (Lipinski definition) is 0. The number of benzene rings is 2. The van der Waals surface area contributed by atoms with Crippen LogP contribution in [0.5, 0.6) is 0 Å². The topological polar surface area (TPSA) is 51.0 Å². The molecule has 1 aliphatic carbocycles. The number of amides is 1. The van der Waals surface area contributed by atoms with Gasteiger partial charge in [-0.05, 0) is 31.7 Å². The molecule has 26 heavy (non-hydrogen) atoms. The minimum Gasteiger partial charge on any atom is -0.318 e. The average Bonchev–Trinajstić information content (AvgIpc) is 3.38. The predicted molar refractivity (Wildman–Crippen MR) is 101 cm³/mol. The standard InChI is InChI=1S/C21H22N4O/c1-16-7-9-18(10-8-16)20-15-22-25(23-20)21(26)24(19-11-12-19)14-13-17-5-3-2-4-6-17/h2-10,15,19H,11-14H2,1H3. The molecule has 132 valence electrons. The van der Waals surface area contributed by atoms with Crippen molar-refractivity contribution in [3.63, 3.8) is 0 Å². The maximum absolute atomic E-state index is 12.9. The van der Waals surface area contributed by atoms with Crippen LogP contribution in [0.3, 0.4) is 0 Å². The summed E-state index contributed by atoms with van der Waals surface area (Å²) in [6.07, 6.45) is 4.62. The van der Waals surface area contributed by atoms with Gasteiger partial charge in [-0.1, -0.05) is 65.0 Å². The molecule has 0 unspecified atom stereocenters. The maximum atomic E-state index is 12.9. The lowest BCUT2D eigenvalue weighted by Crippen LogP contribution is -2.39. The first-order valence-electron chi connectivity index (χ1n) is 9.05. The van der Waals surface area contributed by atoms with E-state index in [4.69, 9.17) is 0 Å². The summed E-state index contributed by atoms with van der Waals surface area (Å²) in [6.45, 7) is 2.74.